The lowest BCUT2D eigenvalue weighted by atomic mass is 10.3. The van der Waals surface area contributed by atoms with Crippen molar-refractivity contribution in [3.05, 3.63) is 67.4 Å². The summed E-state index contributed by atoms with van der Waals surface area (Å²) in [6.07, 6.45) is 1.12. The third kappa shape index (κ3) is 2.76. The predicted molar refractivity (Wildman–Crippen MR) is 75.1 cm³/mol. The highest BCUT2D eigenvalue weighted by Crippen LogP contribution is 2.12. The molecule has 8 heteroatoms. The lowest BCUT2D eigenvalue weighted by molar-refractivity contribution is -0.122. The summed E-state index contributed by atoms with van der Waals surface area (Å²) in [4.78, 5) is 35.3. The average Bonchev–Trinajstić information content (AvgIpc) is 2.37. The van der Waals surface area contributed by atoms with Crippen molar-refractivity contribution in [3.63, 3.8) is 0 Å². The van der Waals surface area contributed by atoms with Crippen LogP contribution in [0.3, 0.4) is 0 Å². The number of hydrogen-bond donors (Lipinski definition) is 1. The molecule has 0 bridgehead atoms. The summed E-state index contributed by atoms with van der Waals surface area (Å²) in [6.45, 7) is 0. The van der Waals surface area contributed by atoms with Crippen LogP contribution in [-0.4, -0.2) is 15.0 Å². The van der Waals surface area contributed by atoms with Crippen LogP contribution in [0.5, 0.6) is 0 Å². The van der Waals surface area contributed by atoms with Gasteiger partial charge < -0.3 is 5.73 Å². The summed E-state index contributed by atoms with van der Waals surface area (Å²) in [5, 5.41) is 0.455. The van der Waals surface area contributed by atoms with Crippen molar-refractivity contribution in [2.75, 3.05) is 0 Å². The number of primary amides is 1. The third-order valence-corrected chi connectivity index (χ3v) is 3.03. The van der Waals surface area contributed by atoms with Crippen LogP contribution in [-0.2, 0) is 4.79 Å². The number of carbonyl (C=O) groups excluding carboxylic acids is 1. The zero-order valence-electron chi connectivity index (χ0n) is 9.99. The summed E-state index contributed by atoms with van der Waals surface area (Å²) in [6, 6.07) is 5.10. The van der Waals surface area contributed by atoms with Crippen LogP contribution in [0.4, 0.5) is 0 Å². The Labute approximate surface area is 123 Å². The highest BCUT2D eigenvalue weighted by molar-refractivity contribution is 6.30. The van der Waals surface area contributed by atoms with Crippen molar-refractivity contribution in [3.8, 4) is 0 Å². The van der Waals surface area contributed by atoms with E-state index in [1.54, 1.807) is 0 Å². The minimum absolute atomic E-state index is 0.228. The van der Waals surface area contributed by atoms with E-state index >= 15 is 0 Å². The van der Waals surface area contributed by atoms with Gasteiger partial charge in [-0.1, -0.05) is 23.2 Å². The molecule has 0 radical (unpaired) electrons. The molecule has 2 aromatic rings. The first-order valence-electron chi connectivity index (χ1n) is 5.45. The van der Waals surface area contributed by atoms with Gasteiger partial charge in [-0.25, -0.2) is 0 Å². The van der Waals surface area contributed by atoms with Gasteiger partial charge in [-0.2, -0.15) is 0 Å². The molecule has 0 aromatic carbocycles. The van der Waals surface area contributed by atoms with E-state index in [1.165, 1.54) is 36.7 Å². The number of hydrogen-bond acceptors (Lipinski definition) is 3. The number of aromatic nitrogens is 2. The van der Waals surface area contributed by atoms with Crippen molar-refractivity contribution in [1.82, 2.24) is 9.13 Å². The molecule has 2 N–H and O–H groups in total. The topological polar surface area (TPSA) is 87.1 Å². The molecule has 0 aliphatic carbocycles. The number of carbonyl (C=O) groups is 1. The fourth-order valence-electron chi connectivity index (χ4n) is 1.74. The first kappa shape index (κ1) is 14.4. The number of halogens is 2. The Bertz CT molecular complexity index is 723. The molecular weight excluding hydrogens is 305 g/mol. The highest BCUT2D eigenvalue weighted by Gasteiger charge is 2.22. The maximum atomic E-state index is 11.8. The summed E-state index contributed by atoms with van der Waals surface area (Å²) < 4.78 is 1.95. The van der Waals surface area contributed by atoms with Crippen LogP contribution < -0.4 is 16.9 Å². The van der Waals surface area contributed by atoms with Gasteiger partial charge in [0.1, 0.15) is 0 Å². The third-order valence-electron chi connectivity index (χ3n) is 2.59. The number of rotatable bonds is 3. The molecule has 0 fully saturated rings. The van der Waals surface area contributed by atoms with E-state index in [9.17, 15) is 14.4 Å². The zero-order chi connectivity index (χ0) is 14.9. The van der Waals surface area contributed by atoms with E-state index in [1.807, 2.05) is 0 Å². The number of nitrogens with two attached hydrogens (primary N) is 1. The molecule has 20 heavy (non-hydrogen) atoms. The molecule has 2 aromatic heterocycles. The SMILES string of the molecule is NC(=O)C(n1cc(Cl)ccc1=O)n1cc(Cl)ccc1=O. The van der Waals surface area contributed by atoms with Gasteiger partial charge in [0.2, 0.25) is 0 Å². The first-order chi connectivity index (χ1) is 9.40. The van der Waals surface area contributed by atoms with E-state index in [-0.39, 0.29) is 10.0 Å². The number of pyridine rings is 2. The largest absolute Gasteiger partial charge is 0.366 e. The second-order valence-corrected chi connectivity index (χ2v) is 4.83. The molecule has 0 spiro atoms. The van der Waals surface area contributed by atoms with Gasteiger partial charge in [-0.05, 0) is 12.1 Å². The van der Waals surface area contributed by atoms with Crippen LogP contribution in [0, 0.1) is 0 Å². The maximum absolute atomic E-state index is 11.8. The highest BCUT2D eigenvalue weighted by atomic mass is 35.5. The maximum Gasteiger partial charge on any atom is 0.261 e. The standard InChI is InChI=1S/C12H9Cl2N3O3/c13-7-1-3-9(18)16(5-7)12(11(15)20)17-6-8(14)2-4-10(17)19/h1-6,12H,(H2,15,20). The number of amides is 1. The molecule has 0 saturated heterocycles. The second-order valence-electron chi connectivity index (χ2n) is 3.96. The van der Waals surface area contributed by atoms with Crippen molar-refractivity contribution < 1.29 is 4.79 Å². The molecule has 0 aliphatic heterocycles. The summed E-state index contributed by atoms with van der Waals surface area (Å²) in [7, 11) is 0. The molecule has 0 atom stereocenters. The fraction of sp³-hybridized carbons (Fsp3) is 0.0833. The van der Waals surface area contributed by atoms with Gasteiger partial charge in [0.25, 0.3) is 17.0 Å². The smallest absolute Gasteiger partial charge is 0.261 e. The van der Waals surface area contributed by atoms with Crippen molar-refractivity contribution in [1.29, 1.82) is 0 Å². The Morgan fingerprint density at radius 3 is 1.70 bits per heavy atom. The van der Waals surface area contributed by atoms with Gasteiger partial charge in [0.05, 0.1) is 10.0 Å². The predicted octanol–water partition coefficient (Wildman–Crippen LogP) is 0.849. The lowest BCUT2D eigenvalue weighted by Crippen LogP contribution is -2.41. The summed E-state index contributed by atoms with van der Waals surface area (Å²) in [5.74, 6) is -0.890. The molecule has 0 unspecified atom stereocenters. The van der Waals surface area contributed by atoms with Crippen LogP contribution in [0.15, 0.2) is 46.2 Å². The summed E-state index contributed by atoms with van der Waals surface area (Å²) in [5.41, 5.74) is 4.25. The summed E-state index contributed by atoms with van der Waals surface area (Å²) >= 11 is 11.6. The van der Waals surface area contributed by atoms with Gasteiger partial charge in [0.15, 0.2) is 6.17 Å². The van der Waals surface area contributed by atoms with Crippen molar-refractivity contribution in [2.45, 2.75) is 6.17 Å². The van der Waals surface area contributed by atoms with E-state index < -0.39 is 23.2 Å². The minimum Gasteiger partial charge on any atom is -0.366 e. The van der Waals surface area contributed by atoms with Crippen LogP contribution in [0.2, 0.25) is 10.0 Å². The zero-order valence-corrected chi connectivity index (χ0v) is 11.5. The Morgan fingerprint density at radius 2 is 1.35 bits per heavy atom. The fourth-order valence-corrected chi connectivity index (χ4v) is 2.08. The second kappa shape index (κ2) is 5.52. The van der Waals surface area contributed by atoms with Gasteiger partial charge in [-0.3, -0.25) is 23.5 Å². The average molecular weight is 314 g/mol. The minimum atomic E-state index is -1.34. The molecule has 2 rings (SSSR count). The molecule has 2 heterocycles. The molecule has 104 valence electrons. The Morgan fingerprint density at radius 1 is 0.950 bits per heavy atom. The molecule has 6 nitrogen and oxygen atoms in total. The van der Waals surface area contributed by atoms with Gasteiger partial charge in [0, 0.05) is 24.5 Å². The quantitative estimate of drug-likeness (QED) is 0.911. The van der Waals surface area contributed by atoms with E-state index in [4.69, 9.17) is 28.9 Å². The van der Waals surface area contributed by atoms with Crippen molar-refractivity contribution >= 4 is 29.1 Å². The Hall–Kier alpha value is -2.05. The van der Waals surface area contributed by atoms with E-state index in [0.717, 1.165) is 9.13 Å². The van der Waals surface area contributed by atoms with E-state index in [2.05, 4.69) is 0 Å². The lowest BCUT2D eigenvalue weighted by Gasteiger charge is -2.19. The van der Waals surface area contributed by atoms with Crippen molar-refractivity contribution in [2.24, 2.45) is 5.73 Å². The van der Waals surface area contributed by atoms with Crippen LogP contribution in [0.1, 0.15) is 6.17 Å². The number of nitrogens with zero attached hydrogens (tertiary/aromatic N) is 2. The van der Waals surface area contributed by atoms with Crippen LogP contribution in [0.25, 0.3) is 0 Å². The van der Waals surface area contributed by atoms with Gasteiger partial charge >= 0.3 is 0 Å². The molecular formula is C12H9Cl2N3O3. The Balaban J connectivity index is 2.72. The molecule has 0 aliphatic rings. The first-order valence-corrected chi connectivity index (χ1v) is 6.20. The monoisotopic (exact) mass is 313 g/mol. The molecule has 0 saturated carbocycles. The Kier molecular flexibility index (Phi) is 3.96. The van der Waals surface area contributed by atoms with E-state index in [0.29, 0.717) is 0 Å². The van der Waals surface area contributed by atoms with Gasteiger partial charge in [-0.15, -0.1) is 0 Å². The normalized spacial score (nSPS) is 10.8. The molecule has 1 amide bonds. The van der Waals surface area contributed by atoms with Crippen LogP contribution >= 0.6 is 23.2 Å².